The molecule has 0 amide bonds. The molecule has 1 atom stereocenters. The van der Waals surface area contributed by atoms with E-state index in [-0.39, 0.29) is 10.8 Å². The summed E-state index contributed by atoms with van der Waals surface area (Å²) in [6, 6.07) is 5.51. The highest BCUT2D eigenvalue weighted by molar-refractivity contribution is 6.30. The predicted octanol–water partition coefficient (Wildman–Crippen LogP) is 4.05. The van der Waals surface area contributed by atoms with E-state index in [1.807, 2.05) is 6.07 Å². The van der Waals surface area contributed by atoms with Crippen LogP contribution in [0.25, 0.3) is 0 Å². The van der Waals surface area contributed by atoms with Crippen LogP contribution in [0.5, 0.6) is 0 Å². The maximum atomic E-state index is 13.0. The fourth-order valence-electron chi connectivity index (χ4n) is 1.79. The third kappa shape index (κ3) is 5.51. The van der Waals surface area contributed by atoms with Crippen LogP contribution >= 0.6 is 11.6 Å². The number of rotatable bonds is 6. The lowest BCUT2D eigenvalue weighted by atomic mass is 9.98. The van der Waals surface area contributed by atoms with Gasteiger partial charge in [0.05, 0.1) is 5.02 Å². The van der Waals surface area contributed by atoms with Gasteiger partial charge < -0.3 is 5.32 Å². The average molecular weight is 258 g/mol. The number of halogens is 2. The zero-order chi connectivity index (χ0) is 12.8. The first-order chi connectivity index (χ1) is 7.99. The highest BCUT2D eigenvalue weighted by Gasteiger charge is 2.06. The summed E-state index contributed by atoms with van der Waals surface area (Å²) < 4.78 is 13.0. The van der Waals surface area contributed by atoms with Crippen LogP contribution in [0.2, 0.25) is 5.02 Å². The average Bonchev–Trinajstić information content (AvgIpc) is 2.23. The summed E-state index contributed by atoms with van der Waals surface area (Å²) in [4.78, 5) is 0. The van der Waals surface area contributed by atoms with E-state index in [0.717, 1.165) is 24.9 Å². The van der Waals surface area contributed by atoms with Gasteiger partial charge in [0.25, 0.3) is 0 Å². The molecule has 0 aliphatic rings. The molecule has 1 aromatic rings. The molecule has 1 N–H and O–H groups in total. The van der Waals surface area contributed by atoms with Crippen LogP contribution in [0.15, 0.2) is 18.2 Å². The second-order valence-corrected chi connectivity index (χ2v) is 5.36. The Labute approximate surface area is 108 Å². The van der Waals surface area contributed by atoms with E-state index < -0.39 is 0 Å². The zero-order valence-electron chi connectivity index (χ0n) is 10.8. The van der Waals surface area contributed by atoms with Crippen LogP contribution < -0.4 is 5.32 Å². The molecule has 0 aliphatic heterocycles. The van der Waals surface area contributed by atoms with Crippen LogP contribution in [-0.2, 0) is 6.42 Å². The molecule has 1 rings (SSSR count). The van der Waals surface area contributed by atoms with Crippen LogP contribution in [0, 0.1) is 11.7 Å². The number of hydrogen-bond acceptors (Lipinski definition) is 1. The Balaban J connectivity index is 2.39. The highest BCUT2D eigenvalue weighted by Crippen LogP contribution is 2.19. The molecule has 0 heterocycles. The second kappa shape index (κ2) is 6.97. The minimum absolute atomic E-state index is 0.218. The molecule has 0 fully saturated rings. The van der Waals surface area contributed by atoms with Crippen LogP contribution in [0.4, 0.5) is 4.39 Å². The summed E-state index contributed by atoms with van der Waals surface area (Å²) in [5.74, 6) is 0.229. The second-order valence-electron chi connectivity index (χ2n) is 4.96. The maximum Gasteiger partial charge on any atom is 0.141 e. The van der Waals surface area contributed by atoms with Gasteiger partial charge in [0, 0.05) is 6.04 Å². The molecule has 3 heteroatoms. The Morgan fingerprint density at radius 3 is 2.59 bits per heavy atom. The molecule has 0 bridgehead atoms. The summed E-state index contributed by atoms with van der Waals surface area (Å²) in [5, 5.41) is 3.61. The summed E-state index contributed by atoms with van der Waals surface area (Å²) >= 11 is 5.76. The summed E-state index contributed by atoms with van der Waals surface area (Å²) in [6.45, 7) is 7.52. The minimum Gasteiger partial charge on any atom is -0.315 e. The maximum absolute atomic E-state index is 13.0. The topological polar surface area (TPSA) is 12.0 Å². The Morgan fingerprint density at radius 2 is 2.00 bits per heavy atom. The number of benzene rings is 1. The quantitative estimate of drug-likeness (QED) is 0.811. The van der Waals surface area contributed by atoms with E-state index in [0.29, 0.717) is 12.0 Å². The molecule has 0 radical (unpaired) electrons. The van der Waals surface area contributed by atoms with Crippen molar-refractivity contribution in [3.63, 3.8) is 0 Å². The molecule has 96 valence electrons. The van der Waals surface area contributed by atoms with Gasteiger partial charge in [-0.25, -0.2) is 4.39 Å². The molecular formula is C14H21ClFN. The molecular weight excluding hydrogens is 237 g/mol. The van der Waals surface area contributed by atoms with Crippen molar-refractivity contribution >= 4 is 11.6 Å². The third-order valence-electron chi connectivity index (χ3n) is 2.76. The van der Waals surface area contributed by atoms with Gasteiger partial charge in [-0.1, -0.05) is 38.4 Å². The standard InChI is InChI=1S/C14H21ClFN/c1-10(2)17-7-6-11(3)8-12-4-5-14(16)13(15)9-12/h4-5,9-11,17H,6-8H2,1-3H3. The van der Waals surface area contributed by atoms with E-state index in [9.17, 15) is 4.39 Å². The molecule has 1 nitrogen and oxygen atoms in total. The zero-order valence-corrected chi connectivity index (χ0v) is 11.5. The highest BCUT2D eigenvalue weighted by atomic mass is 35.5. The van der Waals surface area contributed by atoms with Crippen molar-refractivity contribution in [2.45, 2.75) is 39.7 Å². The first kappa shape index (κ1) is 14.5. The van der Waals surface area contributed by atoms with Gasteiger partial charge in [-0.3, -0.25) is 0 Å². The summed E-state index contributed by atoms with van der Waals surface area (Å²) in [6.07, 6.45) is 2.06. The van der Waals surface area contributed by atoms with Gasteiger partial charge in [-0.15, -0.1) is 0 Å². The van der Waals surface area contributed by atoms with Gasteiger partial charge in [0.2, 0.25) is 0 Å². The molecule has 0 saturated heterocycles. The molecule has 0 spiro atoms. The molecule has 0 aliphatic carbocycles. The smallest absolute Gasteiger partial charge is 0.141 e. The van der Waals surface area contributed by atoms with Crippen LogP contribution in [0.1, 0.15) is 32.8 Å². The van der Waals surface area contributed by atoms with Crippen LogP contribution in [-0.4, -0.2) is 12.6 Å². The van der Waals surface area contributed by atoms with E-state index in [1.54, 1.807) is 6.07 Å². The van der Waals surface area contributed by atoms with Gasteiger partial charge >= 0.3 is 0 Å². The van der Waals surface area contributed by atoms with Crippen molar-refractivity contribution in [3.05, 3.63) is 34.6 Å². The summed E-state index contributed by atoms with van der Waals surface area (Å²) in [5.41, 5.74) is 1.11. The van der Waals surface area contributed by atoms with Crippen molar-refractivity contribution in [1.82, 2.24) is 5.32 Å². The van der Waals surface area contributed by atoms with E-state index in [2.05, 4.69) is 26.1 Å². The third-order valence-corrected chi connectivity index (χ3v) is 3.05. The lowest BCUT2D eigenvalue weighted by Gasteiger charge is -2.14. The Bertz CT molecular complexity index is 352. The van der Waals surface area contributed by atoms with E-state index in [4.69, 9.17) is 11.6 Å². The van der Waals surface area contributed by atoms with Gasteiger partial charge in [-0.05, 0) is 43.0 Å². The molecule has 1 aromatic carbocycles. The SMILES string of the molecule is CC(CCNC(C)C)Cc1ccc(F)c(Cl)c1. The molecule has 0 aromatic heterocycles. The Hall–Kier alpha value is -0.600. The fourth-order valence-corrected chi connectivity index (χ4v) is 1.99. The van der Waals surface area contributed by atoms with Crippen molar-refractivity contribution in [2.75, 3.05) is 6.54 Å². The number of hydrogen-bond donors (Lipinski definition) is 1. The Kier molecular flexibility index (Phi) is 5.93. The first-order valence-corrected chi connectivity index (χ1v) is 6.54. The monoisotopic (exact) mass is 257 g/mol. The minimum atomic E-state index is -0.343. The summed E-state index contributed by atoms with van der Waals surface area (Å²) in [7, 11) is 0. The molecule has 1 unspecified atom stereocenters. The normalized spacial score (nSPS) is 13.1. The van der Waals surface area contributed by atoms with Crippen molar-refractivity contribution in [1.29, 1.82) is 0 Å². The van der Waals surface area contributed by atoms with Crippen molar-refractivity contribution < 1.29 is 4.39 Å². The largest absolute Gasteiger partial charge is 0.315 e. The first-order valence-electron chi connectivity index (χ1n) is 6.16. The fraction of sp³-hybridized carbons (Fsp3) is 0.571. The Morgan fingerprint density at radius 1 is 1.29 bits per heavy atom. The van der Waals surface area contributed by atoms with Crippen molar-refractivity contribution in [2.24, 2.45) is 5.92 Å². The lowest BCUT2D eigenvalue weighted by Crippen LogP contribution is -2.25. The van der Waals surface area contributed by atoms with E-state index >= 15 is 0 Å². The van der Waals surface area contributed by atoms with Gasteiger partial charge in [0.1, 0.15) is 5.82 Å². The van der Waals surface area contributed by atoms with Gasteiger partial charge in [0.15, 0.2) is 0 Å². The van der Waals surface area contributed by atoms with Crippen molar-refractivity contribution in [3.8, 4) is 0 Å². The lowest BCUT2D eigenvalue weighted by molar-refractivity contribution is 0.476. The van der Waals surface area contributed by atoms with Gasteiger partial charge in [-0.2, -0.15) is 0 Å². The van der Waals surface area contributed by atoms with E-state index in [1.165, 1.54) is 6.07 Å². The van der Waals surface area contributed by atoms with Crippen LogP contribution in [0.3, 0.4) is 0 Å². The molecule has 17 heavy (non-hydrogen) atoms. The number of nitrogens with one attached hydrogen (secondary N) is 1. The molecule has 0 saturated carbocycles. The predicted molar refractivity (Wildman–Crippen MR) is 72.0 cm³/mol.